The van der Waals surface area contributed by atoms with Gasteiger partial charge in [-0.25, -0.2) is 4.98 Å². The molecule has 3 heterocycles. The third kappa shape index (κ3) is 8.88. The number of aromatic nitrogens is 2. The number of ketones is 1. The molecule has 1 amide bonds. The maximum atomic E-state index is 14.0. The smallest absolute Gasteiger partial charge is 0.253 e. The van der Waals surface area contributed by atoms with Crippen molar-refractivity contribution in [1.82, 2.24) is 19.4 Å². The highest BCUT2D eigenvalue weighted by molar-refractivity contribution is 5.98. The second kappa shape index (κ2) is 18.1. The molecule has 1 atom stereocenters. The maximum Gasteiger partial charge on any atom is 0.253 e. The highest BCUT2D eigenvalue weighted by atomic mass is 16.5. The van der Waals surface area contributed by atoms with Gasteiger partial charge >= 0.3 is 0 Å². The minimum Gasteiger partial charge on any atom is -0.497 e. The molecule has 6 rings (SSSR count). The molecule has 12 heteroatoms. The first-order valence-electron chi connectivity index (χ1n) is 18.3. The summed E-state index contributed by atoms with van der Waals surface area (Å²) in [5.41, 5.74) is 3.27. The summed E-state index contributed by atoms with van der Waals surface area (Å²) in [5.74, 6) is 3.15. The summed E-state index contributed by atoms with van der Waals surface area (Å²) in [7, 11) is 8.07. The fourth-order valence-corrected chi connectivity index (χ4v) is 7.25. The molecule has 12 nitrogen and oxygen atoms in total. The Bertz CT molecular complexity index is 1980. The number of imidazole rings is 1. The number of piperidine rings is 1. The van der Waals surface area contributed by atoms with Gasteiger partial charge in [0.15, 0.2) is 17.3 Å². The lowest BCUT2D eigenvalue weighted by Gasteiger charge is -2.33. The van der Waals surface area contributed by atoms with Crippen LogP contribution in [0.25, 0.3) is 11.0 Å². The van der Waals surface area contributed by atoms with Gasteiger partial charge in [-0.2, -0.15) is 0 Å². The summed E-state index contributed by atoms with van der Waals surface area (Å²) in [6.07, 6.45) is 3.94. The van der Waals surface area contributed by atoms with Crippen molar-refractivity contribution in [2.24, 2.45) is 5.92 Å². The average molecular weight is 739 g/mol. The van der Waals surface area contributed by atoms with Gasteiger partial charge in [-0.1, -0.05) is 24.3 Å². The van der Waals surface area contributed by atoms with E-state index in [9.17, 15) is 9.59 Å². The lowest BCUT2D eigenvalue weighted by atomic mass is 9.90. The van der Waals surface area contributed by atoms with Crippen LogP contribution in [-0.4, -0.2) is 99.3 Å². The molecule has 0 radical (unpaired) electrons. The molecule has 0 saturated carbocycles. The molecule has 3 aromatic carbocycles. The van der Waals surface area contributed by atoms with E-state index >= 15 is 0 Å². The molecule has 5 aromatic rings. The van der Waals surface area contributed by atoms with Gasteiger partial charge in [0, 0.05) is 37.5 Å². The Balaban J connectivity index is 1.10. The van der Waals surface area contributed by atoms with Crippen LogP contribution in [0, 0.1) is 5.92 Å². The van der Waals surface area contributed by atoms with E-state index in [1.807, 2.05) is 66.2 Å². The van der Waals surface area contributed by atoms with Crippen LogP contribution < -0.4 is 18.9 Å². The van der Waals surface area contributed by atoms with Crippen molar-refractivity contribution in [2.75, 3.05) is 68.3 Å². The summed E-state index contributed by atoms with van der Waals surface area (Å²) in [6, 6.07) is 23.0. The third-order valence-electron chi connectivity index (χ3n) is 10.2. The van der Waals surface area contributed by atoms with Crippen LogP contribution in [0.2, 0.25) is 0 Å². The summed E-state index contributed by atoms with van der Waals surface area (Å²) in [5, 5.41) is 0. The fraction of sp³-hybridized carbons (Fsp3) is 0.405. The Labute approximate surface area is 316 Å². The van der Waals surface area contributed by atoms with Gasteiger partial charge in [0.25, 0.3) is 5.91 Å². The number of benzene rings is 3. The van der Waals surface area contributed by atoms with Gasteiger partial charge in [-0.3, -0.25) is 9.59 Å². The Morgan fingerprint density at radius 3 is 2.33 bits per heavy atom. The van der Waals surface area contributed by atoms with Gasteiger partial charge in [-0.15, -0.1) is 0 Å². The first kappa shape index (κ1) is 38.4. The van der Waals surface area contributed by atoms with E-state index in [4.69, 9.17) is 33.1 Å². The predicted octanol–water partition coefficient (Wildman–Crippen LogP) is 6.72. The SMILES string of the molecule is COc1cccc(C(CCN2CCC(C(=O)c3nc4ccccc4n3CCOCc3ccco3)CC2)CN(C)C(=O)c2cc(OC)c(OC)c(OC)c2)c1. The van der Waals surface area contributed by atoms with Gasteiger partial charge in [0.2, 0.25) is 11.5 Å². The second-order valence-electron chi connectivity index (χ2n) is 13.5. The van der Waals surface area contributed by atoms with Gasteiger partial charge in [0.1, 0.15) is 18.1 Å². The molecule has 1 fully saturated rings. The number of rotatable bonds is 18. The molecule has 1 aliphatic rings. The van der Waals surface area contributed by atoms with Crippen LogP contribution in [0.1, 0.15) is 57.5 Å². The van der Waals surface area contributed by atoms with Crippen molar-refractivity contribution in [3.63, 3.8) is 0 Å². The van der Waals surface area contributed by atoms with E-state index in [0.29, 0.717) is 54.9 Å². The minimum atomic E-state index is -0.156. The summed E-state index contributed by atoms with van der Waals surface area (Å²) in [6.45, 7) is 4.22. The molecule has 0 N–H and O–H groups in total. The van der Waals surface area contributed by atoms with Crippen molar-refractivity contribution in [3.05, 3.63) is 102 Å². The van der Waals surface area contributed by atoms with E-state index < -0.39 is 0 Å². The molecule has 0 aliphatic carbocycles. The van der Waals surface area contributed by atoms with E-state index in [-0.39, 0.29) is 23.5 Å². The molecule has 286 valence electrons. The van der Waals surface area contributed by atoms with Crippen LogP contribution in [-0.2, 0) is 17.9 Å². The lowest BCUT2D eigenvalue weighted by Crippen LogP contribution is -2.39. The summed E-state index contributed by atoms with van der Waals surface area (Å²) >= 11 is 0. The van der Waals surface area contributed by atoms with Crippen LogP contribution in [0.5, 0.6) is 23.0 Å². The number of hydrogen-bond acceptors (Lipinski definition) is 10. The van der Waals surface area contributed by atoms with E-state index in [0.717, 1.165) is 67.0 Å². The topological polar surface area (TPSA) is 118 Å². The Morgan fingerprint density at radius 1 is 0.889 bits per heavy atom. The summed E-state index contributed by atoms with van der Waals surface area (Å²) in [4.78, 5) is 36.8. The van der Waals surface area contributed by atoms with Crippen LogP contribution in [0.3, 0.4) is 0 Å². The number of para-hydroxylation sites is 2. The van der Waals surface area contributed by atoms with E-state index in [1.165, 1.54) is 21.3 Å². The molecule has 54 heavy (non-hydrogen) atoms. The highest BCUT2D eigenvalue weighted by Crippen LogP contribution is 2.38. The lowest BCUT2D eigenvalue weighted by molar-refractivity contribution is 0.0778. The van der Waals surface area contributed by atoms with Gasteiger partial charge in [-0.05, 0) is 93.0 Å². The number of carbonyl (C=O) groups excluding carboxylic acids is 2. The standard InChI is InChI=1S/C42H50N4O8/c1-44(42(48)32-25-37(50-3)40(52-5)38(26-32)51-4)27-31(30-10-8-11-33(24-30)49-2)17-20-45-18-15-29(16-19-45)39(47)41-43-35-13-6-7-14-36(35)46(41)21-23-53-28-34-12-9-22-54-34/h6-14,22,24-26,29,31H,15-21,23,27-28H2,1-5H3. The number of likely N-dealkylation sites (N-methyl/N-ethyl adjacent to an activating group) is 1. The minimum absolute atomic E-state index is 0.0327. The number of hydrogen-bond donors (Lipinski definition) is 0. The molecule has 0 spiro atoms. The molecular weight excluding hydrogens is 688 g/mol. The van der Waals surface area contributed by atoms with Crippen LogP contribution in [0.15, 0.2) is 83.5 Å². The number of furan rings is 1. The average Bonchev–Trinajstić information content (AvgIpc) is 3.88. The number of fused-ring (bicyclic) bond motifs is 1. The zero-order valence-electron chi connectivity index (χ0n) is 31.8. The van der Waals surface area contributed by atoms with E-state index in [2.05, 4.69) is 11.0 Å². The molecular formula is C42H50N4O8. The quantitative estimate of drug-likeness (QED) is 0.0709. The van der Waals surface area contributed by atoms with Crippen molar-refractivity contribution in [1.29, 1.82) is 0 Å². The normalized spacial score (nSPS) is 14.2. The Kier molecular flexibility index (Phi) is 12.9. The molecule has 2 aromatic heterocycles. The predicted molar refractivity (Wildman–Crippen MR) is 205 cm³/mol. The Morgan fingerprint density at radius 2 is 1.65 bits per heavy atom. The van der Waals surface area contributed by atoms with Crippen LogP contribution in [0.4, 0.5) is 0 Å². The zero-order valence-corrected chi connectivity index (χ0v) is 31.8. The third-order valence-corrected chi connectivity index (χ3v) is 10.2. The number of methoxy groups -OCH3 is 4. The monoisotopic (exact) mass is 738 g/mol. The van der Waals surface area contributed by atoms with Crippen molar-refractivity contribution >= 4 is 22.7 Å². The van der Waals surface area contributed by atoms with Crippen molar-refractivity contribution in [2.45, 2.75) is 38.3 Å². The summed E-state index contributed by atoms with van der Waals surface area (Å²) < 4.78 is 35.3. The second-order valence-corrected chi connectivity index (χ2v) is 13.5. The highest BCUT2D eigenvalue weighted by Gasteiger charge is 2.30. The number of Topliss-reactive ketones (excluding diaryl/α,β-unsaturated/α-hetero) is 1. The molecule has 0 bridgehead atoms. The largest absolute Gasteiger partial charge is 0.497 e. The number of nitrogens with zero attached hydrogens (tertiary/aromatic N) is 4. The van der Waals surface area contributed by atoms with Crippen LogP contribution >= 0.6 is 0 Å². The number of carbonyl (C=O) groups is 2. The Hall–Kier alpha value is -5.33. The first-order chi connectivity index (χ1) is 26.3. The first-order valence-corrected chi connectivity index (χ1v) is 18.3. The number of likely N-dealkylation sites (tertiary alicyclic amines) is 1. The molecule has 1 unspecified atom stereocenters. The zero-order chi connectivity index (χ0) is 38.0. The van der Waals surface area contributed by atoms with Crippen molar-refractivity contribution in [3.8, 4) is 23.0 Å². The maximum absolute atomic E-state index is 14.0. The van der Waals surface area contributed by atoms with E-state index in [1.54, 1.807) is 30.4 Å². The fourth-order valence-electron chi connectivity index (χ4n) is 7.25. The van der Waals surface area contributed by atoms with Crippen molar-refractivity contribution < 1.29 is 37.7 Å². The molecule has 1 aliphatic heterocycles. The molecule has 1 saturated heterocycles. The van der Waals surface area contributed by atoms with Gasteiger partial charge < -0.3 is 42.5 Å². The van der Waals surface area contributed by atoms with Gasteiger partial charge in [0.05, 0.1) is 52.3 Å². The number of amides is 1. The number of ether oxygens (including phenoxy) is 5.